The Morgan fingerprint density at radius 1 is 1.24 bits per heavy atom. The number of ether oxygens (including phenoxy) is 1. The van der Waals surface area contributed by atoms with Gasteiger partial charge < -0.3 is 15.4 Å². The molecule has 0 aliphatic rings. The Balaban J connectivity index is 2.29. The molecule has 0 aromatic heterocycles. The molecule has 0 aliphatic carbocycles. The van der Waals surface area contributed by atoms with Gasteiger partial charge in [-0.15, -0.1) is 0 Å². The van der Waals surface area contributed by atoms with Gasteiger partial charge in [0.1, 0.15) is 12.6 Å². The molecule has 0 saturated heterocycles. The van der Waals surface area contributed by atoms with Gasteiger partial charge in [0.05, 0.1) is 6.54 Å². The van der Waals surface area contributed by atoms with Gasteiger partial charge in [0, 0.05) is 0 Å². The minimum atomic E-state index is -0.834. The largest absolute Gasteiger partial charge is 0.445 e. The van der Waals surface area contributed by atoms with Gasteiger partial charge in [-0.25, -0.2) is 10.6 Å². The van der Waals surface area contributed by atoms with Gasteiger partial charge in [0.2, 0.25) is 5.91 Å². The average molecular weight is 294 g/mol. The van der Waals surface area contributed by atoms with Crippen molar-refractivity contribution in [3.63, 3.8) is 0 Å². The zero-order valence-electron chi connectivity index (χ0n) is 11.6. The lowest BCUT2D eigenvalue weighted by Gasteiger charge is -2.13. The monoisotopic (exact) mass is 294 g/mol. The van der Waals surface area contributed by atoms with Crippen molar-refractivity contribution in [2.45, 2.75) is 19.6 Å². The van der Waals surface area contributed by atoms with Crippen molar-refractivity contribution in [2.24, 2.45) is 5.84 Å². The molecule has 0 aliphatic heterocycles. The predicted octanol–water partition coefficient (Wildman–Crippen LogP) is -0.593. The van der Waals surface area contributed by atoms with E-state index in [9.17, 15) is 14.4 Å². The van der Waals surface area contributed by atoms with E-state index in [2.05, 4.69) is 10.6 Å². The van der Waals surface area contributed by atoms with Gasteiger partial charge in [-0.05, 0) is 12.5 Å². The minimum absolute atomic E-state index is 0.108. The average Bonchev–Trinajstić information content (AvgIpc) is 2.51. The Kier molecular flexibility index (Phi) is 6.69. The van der Waals surface area contributed by atoms with Crippen LogP contribution in [0, 0.1) is 0 Å². The third kappa shape index (κ3) is 6.39. The van der Waals surface area contributed by atoms with E-state index in [0.717, 1.165) is 5.56 Å². The highest BCUT2D eigenvalue weighted by molar-refractivity contribution is 5.88. The molecule has 1 aromatic carbocycles. The molecule has 1 unspecified atom stereocenters. The van der Waals surface area contributed by atoms with E-state index in [4.69, 9.17) is 10.6 Å². The number of rotatable bonds is 6. The van der Waals surface area contributed by atoms with Crippen LogP contribution in [0.3, 0.4) is 0 Å². The van der Waals surface area contributed by atoms with Crippen molar-refractivity contribution < 1.29 is 19.1 Å². The topological polar surface area (TPSA) is 123 Å². The molecule has 21 heavy (non-hydrogen) atoms. The number of carbonyl (C=O) groups is 3. The molecule has 1 aromatic rings. The molecule has 0 saturated carbocycles. The molecule has 8 heteroatoms. The van der Waals surface area contributed by atoms with Crippen LogP contribution in [0.4, 0.5) is 4.79 Å². The summed E-state index contributed by atoms with van der Waals surface area (Å²) in [5.74, 6) is 3.81. The van der Waals surface area contributed by atoms with Crippen LogP contribution < -0.4 is 21.9 Å². The van der Waals surface area contributed by atoms with Crippen LogP contribution in [0.25, 0.3) is 0 Å². The predicted molar refractivity (Wildman–Crippen MR) is 74.6 cm³/mol. The smallest absolute Gasteiger partial charge is 0.408 e. The first-order chi connectivity index (χ1) is 10.0. The van der Waals surface area contributed by atoms with E-state index in [1.54, 1.807) is 0 Å². The van der Waals surface area contributed by atoms with Crippen LogP contribution in [0.15, 0.2) is 30.3 Å². The number of alkyl carbamates (subject to hydrolysis) is 1. The van der Waals surface area contributed by atoms with Gasteiger partial charge >= 0.3 is 6.09 Å². The number of amides is 3. The third-order valence-electron chi connectivity index (χ3n) is 2.52. The Morgan fingerprint density at radius 3 is 2.52 bits per heavy atom. The maximum absolute atomic E-state index is 11.6. The number of hydrogen-bond donors (Lipinski definition) is 4. The van der Waals surface area contributed by atoms with E-state index < -0.39 is 23.9 Å². The highest BCUT2D eigenvalue weighted by atomic mass is 16.5. The quantitative estimate of drug-likeness (QED) is 0.317. The maximum Gasteiger partial charge on any atom is 0.408 e. The summed E-state index contributed by atoms with van der Waals surface area (Å²) >= 11 is 0. The molecule has 114 valence electrons. The second kappa shape index (κ2) is 8.54. The Morgan fingerprint density at radius 2 is 1.90 bits per heavy atom. The lowest BCUT2D eigenvalue weighted by molar-refractivity contribution is -0.127. The molecule has 0 radical (unpaired) electrons. The second-order valence-electron chi connectivity index (χ2n) is 4.21. The highest BCUT2D eigenvalue weighted by Gasteiger charge is 2.16. The normalized spacial score (nSPS) is 11.1. The minimum Gasteiger partial charge on any atom is -0.445 e. The molecular formula is C13H18N4O4. The lowest BCUT2D eigenvalue weighted by atomic mass is 10.2. The van der Waals surface area contributed by atoms with E-state index >= 15 is 0 Å². The maximum atomic E-state index is 11.6. The summed E-state index contributed by atoms with van der Waals surface area (Å²) in [6.45, 7) is 1.32. The summed E-state index contributed by atoms with van der Waals surface area (Å²) in [5, 5.41) is 4.67. The van der Waals surface area contributed by atoms with Crippen LogP contribution in [0.1, 0.15) is 12.5 Å². The summed E-state index contributed by atoms with van der Waals surface area (Å²) in [4.78, 5) is 33.9. The van der Waals surface area contributed by atoms with Crippen molar-refractivity contribution in [1.82, 2.24) is 16.1 Å². The Hall–Kier alpha value is -2.61. The van der Waals surface area contributed by atoms with Gasteiger partial charge in [0.25, 0.3) is 5.91 Å². The van der Waals surface area contributed by atoms with Crippen LogP contribution in [-0.4, -0.2) is 30.5 Å². The molecule has 5 N–H and O–H groups in total. The van der Waals surface area contributed by atoms with Crippen LogP contribution in [0.2, 0.25) is 0 Å². The first-order valence-corrected chi connectivity index (χ1v) is 6.27. The van der Waals surface area contributed by atoms with Crippen molar-refractivity contribution in [3.8, 4) is 0 Å². The molecule has 0 bridgehead atoms. The Bertz CT molecular complexity index is 492. The van der Waals surface area contributed by atoms with Crippen molar-refractivity contribution in [3.05, 3.63) is 35.9 Å². The fourth-order valence-corrected chi connectivity index (χ4v) is 1.38. The van der Waals surface area contributed by atoms with Crippen molar-refractivity contribution in [2.75, 3.05) is 6.54 Å². The zero-order chi connectivity index (χ0) is 15.7. The van der Waals surface area contributed by atoms with Gasteiger partial charge in [-0.3, -0.25) is 15.0 Å². The van der Waals surface area contributed by atoms with Crippen LogP contribution in [0.5, 0.6) is 0 Å². The Labute approximate surface area is 122 Å². The zero-order valence-corrected chi connectivity index (χ0v) is 11.6. The third-order valence-corrected chi connectivity index (χ3v) is 2.52. The lowest BCUT2D eigenvalue weighted by Crippen LogP contribution is -2.48. The number of hydrazine groups is 1. The standard InChI is InChI=1S/C13H18N4O4/c1-9(12(19)15-7-11(18)17-14)16-13(20)21-8-10-5-3-2-4-6-10/h2-6,9H,7-8,14H2,1H3,(H,15,19)(H,16,20)(H,17,18). The summed E-state index contributed by atoms with van der Waals surface area (Å²) in [7, 11) is 0. The number of hydrogen-bond acceptors (Lipinski definition) is 5. The van der Waals surface area contributed by atoms with Gasteiger partial charge in [-0.1, -0.05) is 30.3 Å². The number of carbonyl (C=O) groups excluding carboxylic acids is 3. The SMILES string of the molecule is CC(NC(=O)OCc1ccccc1)C(=O)NCC(=O)NN. The molecule has 1 rings (SSSR count). The fraction of sp³-hybridized carbons (Fsp3) is 0.308. The number of benzene rings is 1. The first-order valence-electron chi connectivity index (χ1n) is 6.27. The van der Waals surface area contributed by atoms with E-state index in [1.165, 1.54) is 6.92 Å². The van der Waals surface area contributed by atoms with Gasteiger partial charge in [-0.2, -0.15) is 0 Å². The van der Waals surface area contributed by atoms with Gasteiger partial charge in [0.15, 0.2) is 0 Å². The molecule has 3 amide bonds. The van der Waals surface area contributed by atoms with E-state index in [0.29, 0.717) is 0 Å². The molecular weight excluding hydrogens is 276 g/mol. The van der Waals surface area contributed by atoms with Crippen LogP contribution in [-0.2, 0) is 20.9 Å². The number of nitrogens with one attached hydrogen (secondary N) is 3. The van der Waals surface area contributed by atoms with E-state index in [-0.39, 0.29) is 13.2 Å². The molecule has 0 heterocycles. The highest BCUT2D eigenvalue weighted by Crippen LogP contribution is 2.00. The number of nitrogens with two attached hydrogens (primary N) is 1. The molecule has 0 fully saturated rings. The first kappa shape index (κ1) is 16.4. The summed E-state index contributed by atoms with van der Waals surface area (Å²) < 4.78 is 4.97. The summed E-state index contributed by atoms with van der Waals surface area (Å²) in [5.41, 5.74) is 2.71. The molecule has 1 atom stereocenters. The molecule has 8 nitrogen and oxygen atoms in total. The van der Waals surface area contributed by atoms with Crippen LogP contribution >= 0.6 is 0 Å². The summed E-state index contributed by atoms with van der Waals surface area (Å²) in [6.07, 6.45) is -0.718. The fourth-order valence-electron chi connectivity index (χ4n) is 1.38. The summed E-state index contributed by atoms with van der Waals surface area (Å²) in [6, 6.07) is 8.31. The molecule has 0 spiro atoms. The second-order valence-corrected chi connectivity index (χ2v) is 4.21. The van der Waals surface area contributed by atoms with Crippen molar-refractivity contribution >= 4 is 17.9 Å². The van der Waals surface area contributed by atoms with E-state index in [1.807, 2.05) is 35.8 Å². The van der Waals surface area contributed by atoms with Crippen molar-refractivity contribution in [1.29, 1.82) is 0 Å².